The number of anilines is 2. The van der Waals surface area contributed by atoms with E-state index in [9.17, 15) is 4.39 Å². The lowest BCUT2D eigenvalue weighted by Crippen LogP contribution is -2.31. The van der Waals surface area contributed by atoms with Crippen LogP contribution in [0, 0.1) is 19.7 Å². The molecule has 29 heavy (non-hydrogen) atoms. The van der Waals surface area contributed by atoms with Crippen LogP contribution in [0.25, 0.3) is 0 Å². The fourth-order valence-corrected chi connectivity index (χ4v) is 3.58. The number of halogens is 1. The Balaban J connectivity index is 1.49. The monoisotopic (exact) mass is 390 g/mol. The first-order valence-electron chi connectivity index (χ1n) is 9.53. The zero-order valence-corrected chi connectivity index (χ0v) is 16.5. The summed E-state index contributed by atoms with van der Waals surface area (Å²) in [7, 11) is 0. The number of hydrogen-bond acceptors (Lipinski definition) is 4. The highest BCUT2D eigenvalue weighted by molar-refractivity contribution is 5.93. The number of aryl methyl sites for hydroxylation is 2. The second-order valence-corrected chi connectivity index (χ2v) is 7.18. The van der Waals surface area contributed by atoms with Crippen molar-refractivity contribution in [3.05, 3.63) is 76.9 Å². The van der Waals surface area contributed by atoms with E-state index in [0.29, 0.717) is 17.9 Å². The number of hydrogen-bond donors (Lipinski definition) is 2. The van der Waals surface area contributed by atoms with Crippen molar-refractivity contribution >= 4 is 23.3 Å². The number of nitrogens with zero attached hydrogens (tertiary/aromatic N) is 4. The predicted molar refractivity (Wildman–Crippen MR) is 114 cm³/mol. The molecule has 0 unspecified atom stereocenters. The summed E-state index contributed by atoms with van der Waals surface area (Å²) in [6, 6.07) is 15.2. The van der Waals surface area contributed by atoms with E-state index in [-0.39, 0.29) is 17.7 Å². The summed E-state index contributed by atoms with van der Waals surface area (Å²) in [5, 5.41) is 2.91. The molecule has 2 heterocycles. The van der Waals surface area contributed by atoms with Crippen molar-refractivity contribution in [2.24, 2.45) is 10.7 Å². The Bertz CT molecular complexity index is 1060. The van der Waals surface area contributed by atoms with Gasteiger partial charge in [-0.1, -0.05) is 24.3 Å². The maximum atomic E-state index is 14.8. The first kappa shape index (κ1) is 18.9. The molecule has 1 aliphatic rings. The number of aromatic nitrogens is 2. The first-order chi connectivity index (χ1) is 14.0. The summed E-state index contributed by atoms with van der Waals surface area (Å²) in [4.78, 5) is 14.7. The summed E-state index contributed by atoms with van der Waals surface area (Å²) in [5.74, 6) is 0.0791. The molecule has 0 bridgehead atoms. The van der Waals surface area contributed by atoms with Gasteiger partial charge in [-0.25, -0.2) is 14.4 Å². The Labute approximate surface area is 169 Å². The van der Waals surface area contributed by atoms with E-state index in [2.05, 4.69) is 37.3 Å². The fourth-order valence-electron chi connectivity index (χ4n) is 3.58. The summed E-state index contributed by atoms with van der Waals surface area (Å²) in [6.45, 7) is 5.22. The number of guanidine groups is 1. The van der Waals surface area contributed by atoms with Gasteiger partial charge in [0, 0.05) is 30.2 Å². The van der Waals surface area contributed by atoms with Crippen LogP contribution in [-0.2, 0) is 13.0 Å². The number of nitrogens with one attached hydrogen (secondary N) is 1. The number of benzene rings is 2. The third-order valence-electron chi connectivity index (χ3n) is 4.88. The highest BCUT2D eigenvalue weighted by Crippen LogP contribution is 2.28. The van der Waals surface area contributed by atoms with E-state index in [1.807, 2.05) is 32.0 Å². The van der Waals surface area contributed by atoms with Crippen LogP contribution in [0.5, 0.6) is 0 Å². The van der Waals surface area contributed by atoms with Crippen molar-refractivity contribution in [2.75, 3.05) is 16.8 Å². The molecule has 7 heteroatoms. The molecule has 0 saturated carbocycles. The molecule has 3 aromatic rings. The molecule has 0 saturated heterocycles. The molecule has 1 aliphatic heterocycles. The van der Waals surface area contributed by atoms with Gasteiger partial charge in [0.15, 0.2) is 0 Å². The van der Waals surface area contributed by atoms with E-state index in [1.165, 1.54) is 17.2 Å². The van der Waals surface area contributed by atoms with E-state index in [4.69, 9.17) is 5.73 Å². The highest BCUT2D eigenvalue weighted by Gasteiger charge is 2.19. The molecule has 0 spiro atoms. The van der Waals surface area contributed by atoms with Gasteiger partial charge >= 0.3 is 0 Å². The van der Waals surface area contributed by atoms with Gasteiger partial charge in [0.2, 0.25) is 5.96 Å². The largest absolute Gasteiger partial charge is 0.369 e. The molecule has 4 rings (SSSR count). The third-order valence-corrected chi connectivity index (χ3v) is 4.88. The average Bonchev–Trinajstić information content (AvgIpc) is 2.67. The van der Waals surface area contributed by atoms with Crippen LogP contribution in [0.2, 0.25) is 0 Å². The molecule has 0 radical (unpaired) electrons. The standard InChI is InChI=1S/C22H23FN6/c1-14-11-15(2)26-22(25-14)28-21(24)27-18-7-8-20(19(23)12-18)29-10-9-16-5-3-4-6-17(16)13-29/h3-8,11-12H,9-10,13H2,1-2H3,(H3,24,25,26,27,28). The number of fused-ring (bicyclic) bond motifs is 1. The lowest BCUT2D eigenvalue weighted by molar-refractivity contribution is 0.611. The molecule has 2 aromatic carbocycles. The van der Waals surface area contributed by atoms with Crippen molar-refractivity contribution in [3.63, 3.8) is 0 Å². The quantitative estimate of drug-likeness (QED) is 0.524. The van der Waals surface area contributed by atoms with Crippen molar-refractivity contribution in [1.82, 2.24) is 9.97 Å². The van der Waals surface area contributed by atoms with Gasteiger partial charge < -0.3 is 16.0 Å². The summed E-state index contributed by atoms with van der Waals surface area (Å²) >= 11 is 0. The minimum atomic E-state index is -0.301. The third kappa shape index (κ3) is 4.34. The van der Waals surface area contributed by atoms with Gasteiger partial charge in [0.05, 0.1) is 5.69 Å². The van der Waals surface area contributed by atoms with E-state index >= 15 is 0 Å². The Morgan fingerprint density at radius 2 is 1.79 bits per heavy atom. The van der Waals surface area contributed by atoms with Crippen LogP contribution in [0.3, 0.4) is 0 Å². The van der Waals surface area contributed by atoms with Gasteiger partial charge in [-0.3, -0.25) is 0 Å². The molecule has 3 N–H and O–H groups in total. The van der Waals surface area contributed by atoms with Crippen LogP contribution in [0.15, 0.2) is 53.5 Å². The number of aliphatic imine (C=N–C) groups is 1. The van der Waals surface area contributed by atoms with Gasteiger partial charge in [0.25, 0.3) is 5.95 Å². The van der Waals surface area contributed by atoms with E-state index < -0.39 is 0 Å². The molecule has 6 nitrogen and oxygen atoms in total. The van der Waals surface area contributed by atoms with Crippen molar-refractivity contribution < 1.29 is 4.39 Å². The van der Waals surface area contributed by atoms with Crippen molar-refractivity contribution in [3.8, 4) is 0 Å². The second kappa shape index (κ2) is 7.87. The first-order valence-corrected chi connectivity index (χ1v) is 9.53. The molecule has 0 atom stereocenters. The Hall–Kier alpha value is -3.48. The Morgan fingerprint density at radius 1 is 1.07 bits per heavy atom. The van der Waals surface area contributed by atoms with Crippen LogP contribution in [0.1, 0.15) is 22.5 Å². The van der Waals surface area contributed by atoms with Gasteiger partial charge in [0.1, 0.15) is 5.82 Å². The summed E-state index contributed by atoms with van der Waals surface area (Å²) in [6.07, 6.45) is 0.908. The maximum Gasteiger partial charge on any atom is 0.253 e. The van der Waals surface area contributed by atoms with Crippen LogP contribution >= 0.6 is 0 Å². The SMILES string of the molecule is Cc1cc(C)nc(/N=C(\N)Nc2ccc(N3CCc4ccccc4C3)c(F)c2)n1. The lowest BCUT2D eigenvalue weighted by atomic mass is 9.99. The molecule has 0 amide bonds. The smallest absolute Gasteiger partial charge is 0.253 e. The predicted octanol–water partition coefficient (Wildman–Crippen LogP) is 3.85. The van der Waals surface area contributed by atoms with Gasteiger partial charge in [-0.05, 0) is 55.7 Å². The minimum Gasteiger partial charge on any atom is -0.369 e. The zero-order chi connectivity index (χ0) is 20.4. The fraction of sp³-hybridized carbons (Fsp3) is 0.227. The molecule has 1 aromatic heterocycles. The van der Waals surface area contributed by atoms with E-state index in [1.54, 1.807) is 12.1 Å². The van der Waals surface area contributed by atoms with Crippen molar-refractivity contribution in [2.45, 2.75) is 26.8 Å². The average molecular weight is 390 g/mol. The van der Waals surface area contributed by atoms with E-state index in [0.717, 1.165) is 24.4 Å². The topological polar surface area (TPSA) is 79.4 Å². The maximum absolute atomic E-state index is 14.8. The van der Waals surface area contributed by atoms with Crippen LogP contribution < -0.4 is 16.0 Å². The number of nitrogens with two attached hydrogens (primary N) is 1. The summed E-state index contributed by atoms with van der Waals surface area (Å²) in [5.41, 5.74) is 11.2. The molecule has 0 fully saturated rings. The normalized spacial score (nSPS) is 13.9. The molecule has 0 aliphatic carbocycles. The zero-order valence-electron chi connectivity index (χ0n) is 16.5. The summed E-state index contributed by atoms with van der Waals surface area (Å²) < 4.78 is 14.8. The minimum absolute atomic E-state index is 0.106. The lowest BCUT2D eigenvalue weighted by Gasteiger charge is -2.31. The van der Waals surface area contributed by atoms with Gasteiger partial charge in [-0.2, -0.15) is 4.99 Å². The van der Waals surface area contributed by atoms with Crippen LogP contribution in [0.4, 0.5) is 21.7 Å². The Kier molecular flexibility index (Phi) is 5.12. The van der Waals surface area contributed by atoms with Gasteiger partial charge in [-0.15, -0.1) is 0 Å². The molecular weight excluding hydrogens is 367 g/mol. The highest BCUT2D eigenvalue weighted by atomic mass is 19.1. The molecular formula is C22H23FN6. The van der Waals surface area contributed by atoms with Crippen molar-refractivity contribution in [1.29, 1.82) is 0 Å². The van der Waals surface area contributed by atoms with Crippen LogP contribution in [-0.4, -0.2) is 22.5 Å². The second-order valence-electron chi connectivity index (χ2n) is 7.18. The number of rotatable bonds is 3. The molecule has 148 valence electrons. The Morgan fingerprint density at radius 3 is 2.52 bits per heavy atom.